The Morgan fingerprint density at radius 1 is 1.30 bits per heavy atom. The maximum absolute atomic E-state index is 11.9. The molecule has 0 unspecified atom stereocenters. The number of rotatable bonds is 4. The summed E-state index contributed by atoms with van der Waals surface area (Å²) < 4.78 is 5.15. The predicted molar refractivity (Wildman–Crippen MR) is 85.3 cm³/mol. The summed E-state index contributed by atoms with van der Waals surface area (Å²) in [7, 11) is 1.47. The standard InChI is InChI=1S/C16H12ClN3O3/c1-22-14-6-5-12(17)8-13(14)15(19)20-23-16(21)11-4-2-3-10(7-11)9-18/h2-8H,1H3,(H2,19,20). The number of hydrogen-bond acceptors (Lipinski definition) is 5. The highest BCUT2D eigenvalue weighted by Gasteiger charge is 2.12. The quantitative estimate of drug-likeness (QED) is 0.402. The number of carbonyl (C=O) groups excluding carboxylic acids is 1. The molecule has 2 N–H and O–H groups in total. The monoisotopic (exact) mass is 329 g/mol. The number of halogens is 1. The minimum atomic E-state index is -0.731. The van der Waals surface area contributed by atoms with Gasteiger partial charge in [0.25, 0.3) is 0 Å². The van der Waals surface area contributed by atoms with E-state index in [4.69, 9.17) is 32.2 Å². The summed E-state index contributed by atoms with van der Waals surface area (Å²) in [6.07, 6.45) is 0. The molecular formula is C16H12ClN3O3. The van der Waals surface area contributed by atoms with E-state index < -0.39 is 5.97 Å². The number of benzene rings is 2. The van der Waals surface area contributed by atoms with E-state index in [1.54, 1.807) is 30.3 Å². The number of amidine groups is 1. The summed E-state index contributed by atoms with van der Waals surface area (Å²) >= 11 is 5.91. The first-order valence-corrected chi connectivity index (χ1v) is 6.82. The Labute approximate surface area is 137 Å². The van der Waals surface area contributed by atoms with Crippen LogP contribution in [0.2, 0.25) is 5.02 Å². The first kappa shape index (κ1) is 16.3. The number of ether oxygens (including phenoxy) is 1. The zero-order chi connectivity index (χ0) is 16.8. The Balaban J connectivity index is 2.21. The number of oxime groups is 1. The van der Waals surface area contributed by atoms with Crippen molar-refractivity contribution < 1.29 is 14.4 Å². The third-order valence-corrected chi connectivity index (χ3v) is 3.13. The van der Waals surface area contributed by atoms with Crippen molar-refractivity contribution in [2.45, 2.75) is 0 Å². The Morgan fingerprint density at radius 2 is 2.09 bits per heavy atom. The molecule has 0 saturated heterocycles. The molecule has 116 valence electrons. The van der Waals surface area contributed by atoms with Gasteiger partial charge in [-0.15, -0.1) is 0 Å². The highest BCUT2D eigenvalue weighted by molar-refractivity contribution is 6.31. The lowest BCUT2D eigenvalue weighted by Gasteiger charge is -2.07. The number of nitrogens with zero attached hydrogens (tertiary/aromatic N) is 2. The van der Waals surface area contributed by atoms with Gasteiger partial charge in [-0.1, -0.05) is 22.8 Å². The summed E-state index contributed by atoms with van der Waals surface area (Å²) in [5.41, 5.74) is 6.74. The predicted octanol–water partition coefficient (Wildman–Crippen LogP) is 2.70. The molecule has 2 rings (SSSR count). The lowest BCUT2D eigenvalue weighted by Crippen LogP contribution is -2.16. The molecular weight excluding hydrogens is 318 g/mol. The molecule has 0 aliphatic rings. The van der Waals surface area contributed by atoms with Crippen LogP contribution in [0.1, 0.15) is 21.5 Å². The number of nitrogens with two attached hydrogens (primary N) is 1. The molecule has 6 nitrogen and oxygen atoms in total. The normalized spacial score (nSPS) is 10.7. The van der Waals surface area contributed by atoms with Crippen molar-refractivity contribution >= 4 is 23.4 Å². The molecule has 23 heavy (non-hydrogen) atoms. The molecule has 2 aromatic rings. The molecule has 0 aliphatic heterocycles. The van der Waals surface area contributed by atoms with Gasteiger partial charge in [-0.25, -0.2) is 4.79 Å². The summed E-state index contributed by atoms with van der Waals surface area (Å²) in [5.74, 6) is -0.349. The van der Waals surface area contributed by atoms with Crippen LogP contribution in [0.5, 0.6) is 5.75 Å². The van der Waals surface area contributed by atoms with Gasteiger partial charge in [0.15, 0.2) is 5.84 Å². The average Bonchev–Trinajstić information content (AvgIpc) is 2.59. The van der Waals surface area contributed by atoms with E-state index in [0.29, 0.717) is 21.9 Å². The zero-order valence-electron chi connectivity index (χ0n) is 12.1. The van der Waals surface area contributed by atoms with Crippen LogP contribution < -0.4 is 10.5 Å². The molecule has 0 aromatic heterocycles. The fraction of sp³-hybridized carbons (Fsp3) is 0.0625. The van der Waals surface area contributed by atoms with Crippen LogP contribution >= 0.6 is 11.6 Å². The van der Waals surface area contributed by atoms with E-state index >= 15 is 0 Å². The van der Waals surface area contributed by atoms with Crippen LogP contribution in [-0.4, -0.2) is 18.9 Å². The maximum Gasteiger partial charge on any atom is 0.365 e. The van der Waals surface area contributed by atoms with Crippen molar-refractivity contribution in [2.24, 2.45) is 10.9 Å². The second-order valence-electron chi connectivity index (χ2n) is 4.39. The summed E-state index contributed by atoms with van der Waals surface area (Å²) in [6.45, 7) is 0. The summed E-state index contributed by atoms with van der Waals surface area (Å²) in [6, 6.07) is 12.8. The molecule has 0 radical (unpaired) electrons. The first-order valence-electron chi connectivity index (χ1n) is 6.44. The molecule has 0 fully saturated rings. The lowest BCUT2D eigenvalue weighted by atomic mass is 10.1. The molecule has 0 aliphatic carbocycles. The van der Waals surface area contributed by atoms with Crippen LogP contribution in [0.25, 0.3) is 0 Å². The van der Waals surface area contributed by atoms with Gasteiger partial charge in [0, 0.05) is 5.02 Å². The van der Waals surface area contributed by atoms with Crippen molar-refractivity contribution in [3.63, 3.8) is 0 Å². The van der Waals surface area contributed by atoms with Crippen molar-refractivity contribution in [2.75, 3.05) is 7.11 Å². The number of hydrogen-bond donors (Lipinski definition) is 1. The second kappa shape index (κ2) is 7.29. The SMILES string of the molecule is COc1ccc(Cl)cc1/C(N)=N/OC(=O)c1cccc(C#N)c1. The summed E-state index contributed by atoms with van der Waals surface area (Å²) in [4.78, 5) is 16.7. The zero-order valence-corrected chi connectivity index (χ0v) is 12.9. The van der Waals surface area contributed by atoms with Crippen molar-refractivity contribution in [3.8, 4) is 11.8 Å². The highest BCUT2D eigenvalue weighted by Crippen LogP contribution is 2.22. The van der Waals surface area contributed by atoms with Gasteiger partial charge in [-0.3, -0.25) is 0 Å². The number of methoxy groups -OCH3 is 1. The third kappa shape index (κ3) is 3.99. The van der Waals surface area contributed by atoms with E-state index in [1.165, 1.54) is 19.2 Å². The Hall–Kier alpha value is -3.04. The fourth-order valence-corrected chi connectivity index (χ4v) is 1.96. The topological polar surface area (TPSA) is 97.7 Å². The van der Waals surface area contributed by atoms with Crippen LogP contribution in [0.3, 0.4) is 0 Å². The first-order chi connectivity index (χ1) is 11.0. The highest BCUT2D eigenvalue weighted by atomic mass is 35.5. The molecule has 0 spiro atoms. The second-order valence-corrected chi connectivity index (χ2v) is 4.83. The average molecular weight is 330 g/mol. The largest absolute Gasteiger partial charge is 0.496 e. The fourth-order valence-electron chi connectivity index (χ4n) is 1.79. The molecule has 0 saturated carbocycles. The minimum absolute atomic E-state index is 0.0610. The lowest BCUT2D eigenvalue weighted by molar-refractivity contribution is 0.0516. The van der Waals surface area contributed by atoms with Crippen LogP contribution in [0.15, 0.2) is 47.6 Å². The Morgan fingerprint density at radius 3 is 2.78 bits per heavy atom. The number of carbonyl (C=O) groups is 1. The van der Waals surface area contributed by atoms with Gasteiger partial charge >= 0.3 is 5.97 Å². The van der Waals surface area contributed by atoms with E-state index in [0.717, 1.165) is 0 Å². The van der Waals surface area contributed by atoms with Gasteiger partial charge in [-0.05, 0) is 36.4 Å². The molecule has 0 heterocycles. The maximum atomic E-state index is 11.9. The van der Waals surface area contributed by atoms with E-state index in [-0.39, 0.29) is 11.4 Å². The van der Waals surface area contributed by atoms with Gasteiger partial charge in [-0.2, -0.15) is 5.26 Å². The van der Waals surface area contributed by atoms with Gasteiger partial charge in [0.2, 0.25) is 0 Å². The van der Waals surface area contributed by atoms with Crippen molar-refractivity contribution in [3.05, 3.63) is 64.2 Å². The smallest absolute Gasteiger partial charge is 0.365 e. The third-order valence-electron chi connectivity index (χ3n) is 2.89. The van der Waals surface area contributed by atoms with Gasteiger partial charge in [0.1, 0.15) is 5.75 Å². The van der Waals surface area contributed by atoms with Crippen LogP contribution in [-0.2, 0) is 4.84 Å². The van der Waals surface area contributed by atoms with Crippen molar-refractivity contribution in [1.82, 2.24) is 0 Å². The molecule has 0 bridgehead atoms. The molecule has 7 heteroatoms. The van der Waals surface area contributed by atoms with Crippen LogP contribution in [0.4, 0.5) is 0 Å². The summed E-state index contributed by atoms with van der Waals surface area (Å²) in [5, 5.41) is 12.9. The number of nitriles is 1. The van der Waals surface area contributed by atoms with Gasteiger partial charge < -0.3 is 15.3 Å². The minimum Gasteiger partial charge on any atom is -0.496 e. The van der Waals surface area contributed by atoms with E-state index in [1.807, 2.05) is 6.07 Å². The van der Waals surface area contributed by atoms with Crippen LogP contribution in [0, 0.1) is 11.3 Å². The van der Waals surface area contributed by atoms with E-state index in [9.17, 15) is 4.79 Å². The Bertz CT molecular complexity index is 812. The van der Waals surface area contributed by atoms with Crippen molar-refractivity contribution in [1.29, 1.82) is 5.26 Å². The molecule has 0 atom stereocenters. The molecule has 2 aromatic carbocycles. The van der Waals surface area contributed by atoms with E-state index in [2.05, 4.69) is 5.16 Å². The molecule has 0 amide bonds. The van der Waals surface area contributed by atoms with Gasteiger partial charge in [0.05, 0.1) is 29.9 Å². The Kier molecular flexibility index (Phi) is 5.18.